The molecule has 148 valence electrons. The summed E-state index contributed by atoms with van der Waals surface area (Å²) in [5, 5.41) is 0.496. The highest BCUT2D eigenvalue weighted by Gasteiger charge is 2.35. The molecular weight excluding hydrogens is 396 g/mol. The van der Waals surface area contributed by atoms with Crippen LogP contribution >= 0.6 is 11.6 Å². The van der Waals surface area contributed by atoms with Gasteiger partial charge in [0.05, 0.1) is 10.8 Å². The van der Waals surface area contributed by atoms with Crippen molar-refractivity contribution in [1.29, 1.82) is 0 Å². The number of amides is 1. The van der Waals surface area contributed by atoms with Crippen molar-refractivity contribution in [2.75, 3.05) is 19.6 Å². The third kappa shape index (κ3) is 3.81. The molecule has 2 aliphatic heterocycles. The zero-order valence-corrected chi connectivity index (χ0v) is 17.1. The van der Waals surface area contributed by atoms with Crippen LogP contribution in [0.1, 0.15) is 24.0 Å². The van der Waals surface area contributed by atoms with Crippen molar-refractivity contribution >= 4 is 27.5 Å². The van der Waals surface area contributed by atoms with Gasteiger partial charge in [-0.2, -0.15) is 4.31 Å². The van der Waals surface area contributed by atoms with Gasteiger partial charge in [0.2, 0.25) is 15.9 Å². The van der Waals surface area contributed by atoms with Gasteiger partial charge in [-0.25, -0.2) is 8.42 Å². The lowest BCUT2D eigenvalue weighted by atomic mass is 9.95. The second-order valence-corrected chi connectivity index (χ2v) is 9.81. The maximum absolute atomic E-state index is 13.1. The van der Waals surface area contributed by atoms with E-state index in [1.54, 1.807) is 12.1 Å². The van der Waals surface area contributed by atoms with Crippen LogP contribution in [0.25, 0.3) is 0 Å². The summed E-state index contributed by atoms with van der Waals surface area (Å²) >= 11 is 5.88. The molecule has 4 rings (SSSR count). The SMILES string of the molecule is O=C(C1CCCN(S(=O)(=O)c2ccc(Cl)cc2)C1)N1CCc2ccccc2C1. The maximum Gasteiger partial charge on any atom is 0.243 e. The van der Waals surface area contributed by atoms with Crippen LogP contribution in [-0.4, -0.2) is 43.2 Å². The Labute approximate surface area is 171 Å². The summed E-state index contributed by atoms with van der Waals surface area (Å²) in [6, 6.07) is 14.4. The molecule has 2 aromatic rings. The fourth-order valence-electron chi connectivity index (χ4n) is 4.06. The largest absolute Gasteiger partial charge is 0.338 e. The number of hydrogen-bond donors (Lipinski definition) is 0. The van der Waals surface area contributed by atoms with Crippen molar-refractivity contribution in [2.45, 2.75) is 30.7 Å². The van der Waals surface area contributed by atoms with Gasteiger partial charge < -0.3 is 4.90 Å². The lowest BCUT2D eigenvalue weighted by Crippen LogP contribution is -2.47. The van der Waals surface area contributed by atoms with Gasteiger partial charge in [0.1, 0.15) is 0 Å². The lowest BCUT2D eigenvalue weighted by molar-refractivity contribution is -0.137. The minimum Gasteiger partial charge on any atom is -0.338 e. The summed E-state index contributed by atoms with van der Waals surface area (Å²) in [6.07, 6.45) is 2.26. The van der Waals surface area contributed by atoms with Crippen molar-refractivity contribution in [2.24, 2.45) is 5.92 Å². The van der Waals surface area contributed by atoms with Crippen LogP contribution in [0.5, 0.6) is 0 Å². The fourth-order valence-corrected chi connectivity index (χ4v) is 5.71. The predicted molar refractivity (Wildman–Crippen MR) is 108 cm³/mol. The molecule has 0 spiro atoms. The summed E-state index contributed by atoms with van der Waals surface area (Å²) in [7, 11) is -3.62. The summed E-state index contributed by atoms with van der Waals surface area (Å²) in [5.74, 6) is -0.230. The van der Waals surface area contributed by atoms with E-state index in [1.807, 2.05) is 17.0 Å². The monoisotopic (exact) mass is 418 g/mol. The van der Waals surface area contributed by atoms with Crippen molar-refractivity contribution in [3.05, 3.63) is 64.7 Å². The van der Waals surface area contributed by atoms with Crippen LogP contribution in [-0.2, 0) is 27.8 Å². The average molecular weight is 419 g/mol. The highest BCUT2D eigenvalue weighted by Crippen LogP contribution is 2.27. The van der Waals surface area contributed by atoms with Crippen LogP contribution in [0.4, 0.5) is 0 Å². The van der Waals surface area contributed by atoms with Crippen LogP contribution < -0.4 is 0 Å². The summed E-state index contributed by atoms with van der Waals surface area (Å²) in [5.41, 5.74) is 2.48. The number of piperidine rings is 1. The normalized spacial score (nSPS) is 20.6. The standard InChI is InChI=1S/C21H23ClN2O3S/c22-19-7-9-20(10-8-19)28(26,27)24-12-3-6-18(15-24)21(25)23-13-11-16-4-1-2-5-17(16)14-23/h1-2,4-5,7-10,18H,3,6,11-15H2. The second-order valence-electron chi connectivity index (χ2n) is 7.43. The number of hydrogen-bond acceptors (Lipinski definition) is 3. The van der Waals surface area contributed by atoms with Crippen molar-refractivity contribution < 1.29 is 13.2 Å². The van der Waals surface area contributed by atoms with Gasteiger partial charge in [-0.1, -0.05) is 35.9 Å². The fraction of sp³-hybridized carbons (Fsp3) is 0.381. The number of benzene rings is 2. The van der Waals surface area contributed by atoms with E-state index in [4.69, 9.17) is 11.6 Å². The molecule has 0 saturated carbocycles. The minimum absolute atomic E-state index is 0.0607. The average Bonchev–Trinajstić information content (AvgIpc) is 2.73. The molecule has 2 heterocycles. The molecule has 0 aliphatic carbocycles. The predicted octanol–water partition coefficient (Wildman–Crippen LogP) is 3.33. The van der Waals surface area contributed by atoms with E-state index in [9.17, 15) is 13.2 Å². The summed E-state index contributed by atoms with van der Waals surface area (Å²) in [4.78, 5) is 15.2. The van der Waals surface area contributed by atoms with Gasteiger partial charge in [-0.05, 0) is 54.7 Å². The van der Waals surface area contributed by atoms with E-state index in [-0.39, 0.29) is 23.3 Å². The number of halogens is 1. The summed E-state index contributed by atoms with van der Waals surface area (Å²) < 4.78 is 27.4. The van der Waals surface area contributed by atoms with E-state index in [1.165, 1.54) is 27.6 Å². The third-order valence-electron chi connectivity index (χ3n) is 5.63. The van der Waals surface area contributed by atoms with Gasteiger partial charge in [-0.15, -0.1) is 0 Å². The number of sulfonamides is 1. The Morgan fingerprint density at radius 2 is 1.71 bits per heavy atom. The molecule has 0 radical (unpaired) electrons. The molecule has 1 saturated heterocycles. The molecule has 2 aromatic carbocycles. The highest BCUT2D eigenvalue weighted by molar-refractivity contribution is 7.89. The smallest absolute Gasteiger partial charge is 0.243 e. The number of carbonyl (C=O) groups is 1. The molecule has 0 N–H and O–H groups in total. The molecule has 28 heavy (non-hydrogen) atoms. The Kier molecular flexibility index (Phi) is 5.45. The number of rotatable bonds is 3. The molecule has 2 aliphatic rings. The minimum atomic E-state index is -3.62. The van der Waals surface area contributed by atoms with E-state index < -0.39 is 10.0 Å². The van der Waals surface area contributed by atoms with E-state index >= 15 is 0 Å². The molecule has 1 atom stereocenters. The first-order valence-electron chi connectivity index (χ1n) is 9.56. The van der Waals surface area contributed by atoms with Crippen molar-refractivity contribution in [1.82, 2.24) is 9.21 Å². The van der Waals surface area contributed by atoms with Gasteiger partial charge in [0.25, 0.3) is 0 Å². The van der Waals surface area contributed by atoms with E-state index in [0.29, 0.717) is 31.1 Å². The maximum atomic E-state index is 13.1. The first-order valence-corrected chi connectivity index (χ1v) is 11.4. The van der Waals surface area contributed by atoms with Crippen molar-refractivity contribution in [3.63, 3.8) is 0 Å². The topological polar surface area (TPSA) is 57.7 Å². The molecule has 0 bridgehead atoms. The number of carbonyl (C=O) groups excluding carboxylic acids is 1. The zero-order chi connectivity index (χ0) is 19.7. The number of nitrogens with zero attached hydrogens (tertiary/aromatic N) is 2. The second kappa shape index (κ2) is 7.85. The Hall–Kier alpha value is -1.89. The molecule has 5 nitrogen and oxygen atoms in total. The molecule has 1 fully saturated rings. The lowest BCUT2D eigenvalue weighted by Gasteiger charge is -2.36. The zero-order valence-electron chi connectivity index (χ0n) is 15.6. The van der Waals surface area contributed by atoms with Gasteiger partial charge in [0.15, 0.2) is 0 Å². The Bertz CT molecular complexity index is 975. The molecule has 1 amide bonds. The van der Waals surface area contributed by atoms with Gasteiger partial charge in [-0.3, -0.25) is 4.79 Å². The van der Waals surface area contributed by atoms with Crippen LogP contribution in [0.2, 0.25) is 5.02 Å². The number of fused-ring (bicyclic) bond motifs is 1. The van der Waals surface area contributed by atoms with Crippen LogP contribution in [0, 0.1) is 5.92 Å². The van der Waals surface area contributed by atoms with Crippen LogP contribution in [0.15, 0.2) is 53.4 Å². The summed E-state index contributed by atoms with van der Waals surface area (Å²) in [6.45, 7) is 1.98. The first kappa shape index (κ1) is 19.4. The van der Waals surface area contributed by atoms with Gasteiger partial charge >= 0.3 is 0 Å². The third-order valence-corrected chi connectivity index (χ3v) is 7.76. The molecule has 1 unspecified atom stereocenters. The quantitative estimate of drug-likeness (QED) is 0.768. The molecular formula is C21H23ClN2O3S. The molecule has 0 aromatic heterocycles. The Morgan fingerprint density at radius 1 is 1.00 bits per heavy atom. The first-order chi connectivity index (χ1) is 13.4. The molecule has 7 heteroatoms. The van der Waals surface area contributed by atoms with Crippen molar-refractivity contribution in [3.8, 4) is 0 Å². The Balaban J connectivity index is 1.48. The van der Waals surface area contributed by atoms with Gasteiger partial charge in [0, 0.05) is 31.2 Å². The highest BCUT2D eigenvalue weighted by atomic mass is 35.5. The Morgan fingerprint density at radius 3 is 2.46 bits per heavy atom. The van der Waals surface area contributed by atoms with E-state index in [2.05, 4.69) is 12.1 Å². The van der Waals surface area contributed by atoms with Crippen LogP contribution in [0.3, 0.4) is 0 Å². The van der Waals surface area contributed by atoms with E-state index in [0.717, 1.165) is 12.8 Å².